The van der Waals surface area contributed by atoms with Gasteiger partial charge >= 0.3 is 0 Å². The summed E-state index contributed by atoms with van der Waals surface area (Å²) in [5, 5.41) is 6.70. The van der Waals surface area contributed by atoms with E-state index >= 15 is 0 Å². The van der Waals surface area contributed by atoms with Gasteiger partial charge in [-0.1, -0.05) is 48.5 Å². The number of nitrogens with zero attached hydrogens (tertiary/aromatic N) is 4. The van der Waals surface area contributed by atoms with Crippen molar-refractivity contribution in [1.29, 1.82) is 0 Å². The number of halogens is 1. The average Bonchev–Trinajstić information content (AvgIpc) is 3.39. The standard InChI is InChI=1S/C24H28N6O.HI/c1-2-25-24(28-20-15-23(31)30(18-20)21-11-7-4-8-12-21)27-16-22-26-13-14-29(22)17-19-9-5-3-6-10-19;/h3-14,20H,2,15-18H2,1H3,(H2,25,27,28);1H. The van der Waals surface area contributed by atoms with E-state index < -0.39 is 0 Å². The SMILES string of the molecule is CCNC(=NCc1nccn1Cc1ccccc1)NC1CC(=O)N(c2ccccc2)C1.I. The lowest BCUT2D eigenvalue weighted by Gasteiger charge is -2.19. The van der Waals surface area contributed by atoms with Gasteiger partial charge in [-0.2, -0.15) is 0 Å². The van der Waals surface area contributed by atoms with Crippen molar-refractivity contribution in [2.45, 2.75) is 32.5 Å². The fourth-order valence-corrected chi connectivity index (χ4v) is 3.74. The van der Waals surface area contributed by atoms with Crippen molar-refractivity contribution in [3.8, 4) is 0 Å². The van der Waals surface area contributed by atoms with Crippen molar-refractivity contribution in [3.63, 3.8) is 0 Å². The van der Waals surface area contributed by atoms with E-state index in [4.69, 9.17) is 4.99 Å². The highest BCUT2D eigenvalue weighted by molar-refractivity contribution is 14.0. The molecule has 1 aliphatic rings. The van der Waals surface area contributed by atoms with E-state index in [1.165, 1.54) is 5.56 Å². The Labute approximate surface area is 206 Å². The number of para-hydroxylation sites is 1. The highest BCUT2D eigenvalue weighted by Gasteiger charge is 2.31. The maximum Gasteiger partial charge on any atom is 0.229 e. The topological polar surface area (TPSA) is 74.5 Å². The number of guanidine groups is 1. The summed E-state index contributed by atoms with van der Waals surface area (Å²) >= 11 is 0. The number of hydrogen-bond donors (Lipinski definition) is 2. The Morgan fingerprint density at radius 2 is 1.84 bits per heavy atom. The molecule has 0 radical (unpaired) electrons. The Balaban J connectivity index is 0.00000289. The lowest BCUT2D eigenvalue weighted by Crippen LogP contribution is -2.44. The molecule has 2 N–H and O–H groups in total. The Hall–Kier alpha value is -2.88. The fourth-order valence-electron chi connectivity index (χ4n) is 3.74. The molecule has 168 valence electrons. The van der Waals surface area contributed by atoms with Crippen molar-refractivity contribution in [1.82, 2.24) is 20.2 Å². The van der Waals surface area contributed by atoms with Crippen LogP contribution in [0.15, 0.2) is 78.0 Å². The molecule has 4 rings (SSSR count). The minimum absolute atomic E-state index is 0. The summed E-state index contributed by atoms with van der Waals surface area (Å²) in [4.78, 5) is 23.5. The number of nitrogens with one attached hydrogen (secondary N) is 2. The third-order valence-corrected chi connectivity index (χ3v) is 5.25. The molecule has 1 aromatic heterocycles. The van der Waals surface area contributed by atoms with Crippen molar-refractivity contribution >= 4 is 41.5 Å². The average molecular weight is 544 g/mol. The molecule has 8 heteroatoms. The number of aromatic nitrogens is 2. The third-order valence-electron chi connectivity index (χ3n) is 5.25. The summed E-state index contributed by atoms with van der Waals surface area (Å²) in [6.07, 6.45) is 4.23. The minimum atomic E-state index is 0. The molecule has 1 aliphatic heterocycles. The van der Waals surface area contributed by atoms with Gasteiger partial charge in [0, 0.05) is 44.1 Å². The van der Waals surface area contributed by atoms with Gasteiger partial charge in [0.2, 0.25) is 5.91 Å². The highest BCUT2D eigenvalue weighted by Crippen LogP contribution is 2.21. The first-order valence-electron chi connectivity index (χ1n) is 10.7. The Morgan fingerprint density at radius 1 is 1.12 bits per heavy atom. The number of hydrogen-bond acceptors (Lipinski definition) is 3. The van der Waals surface area contributed by atoms with Gasteiger partial charge in [-0.25, -0.2) is 9.98 Å². The number of imidazole rings is 1. The summed E-state index contributed by atoms with van der Waals surface area (Å²) in [6, 6.07) is 20.1. The van der Waals surface area contributed by atoms with Crippen LogP contribution in [-0.4, -0.2) is 40.5 Å². The second-order valence-electron chi connectivity index (χ2n) is 7.54. The van der Waals surface area contributed by atoms with Crippen LogP contribution in [0.1, 0.15) is 24.7 Å². The van der Waals surface area contributed by atoms with E-state index in [9.17, 15) is 4.79 Å². The van der Waals surface area contributed by atoms with Crippen LogP contribution in [0.2, 0.25) is 0 Å². The molecule has 1 unspecified atom stereocenters. The molecular formula is C24H29IN6O. The van der Waals surface area contributed by atoms with E-state index in [-0.39, 0.29) is 35.9 Å². The van der Waals surface area contributed by atoms with Crippen LogP contribution in [0.25, 0.3) is 0 Å². The predicted octanol–water partition coefficient (Wildman–Crippen LogP) is 3.41. The van der Waals surface area contributed by atoms with Gasteiger partial charge in [0.1, 0.15) is 12.4 Å². The second-order valence-corrected chi connectivity index (χ2v) is 7.54. The number of carbonyl (C=O) groups excluding carboxylic acids is 1. The largest absolute Gasteiger partial charge is 0.357 e. The zero-order valence-corrected chi connectivity index (χ0v) is 20.5. The first-order valence-corrected chi connectivity index (χ1v) is 10.7. The third kappa shape index (κ3) is 6.09. The van der Waals surface area contributed by atoms with Crippen LogP contribution in [-0.2, 0) is 17.9 Å². The molecule has 32 heavy (non-hydrogen) atoms. The highest BCUT2D eigenvalue weighted by atomic mass is 127. The van der Waals surface area contributed by atoms with Crippen LogP contribution in [0.5, 0.6) is 0 Å². The van der Waals surface area contributed by atoms with E-state index in [0.29, 0.717) is 25.5 Å². The summed E-state index contributed by atoms with van der Waals surface area (Å²) in [5.41, 5.74) is 2.16. The molecule has 1 fully saturated rings. The summed E-state index contributed by atoms with van der Waals surface area (Å²) in [7, 11) is 0. The van der Waals surface area contributed by atoms with Crippen LogP contribution < -0.4 is 15.5 Å². The lowest BCUT2D eigenvalue weighted by molar-refractivity contribution is -0.117. The van der Waals surface area contributed by atoms with Gasteiger partial charge < -0.3 is 20.1 Å². The van der Waals surface area contributed by atoms with Crippen molar-refractivity contribution in [2.75, 3.05) is 18.0 Å². The molecule has 2 heterocycles. The number of amides is 1. The van der Waals surface area contributed by atoms with Gasteiger partial charge in [0.15, 0.2) is 5.96 Å². The molecule has 1 saturated heterocycles. The van der Waals surface area contributed by atoms with Gasteiger partial charge in [0.05, 0.1) is 6.04 Å². The fraction of sp³-hybridized carbons (Fsp3) is 0.292. The van der Waals surface area contributed by atoms with Gasteiger partial charge in [-0.05, 0) is 24.6 Å². The molecule has 0 saturated carbocycles. The van der Waals surface area contributed by atoms with Crippen molar-refractivity contribution in [2.24, 2.45) is 4.99 Å². The first kappa shape index (κ1) is 23.8. The predicted molar refractivity (Wildman–Crippen MR) is 138 cm³/mol. The monoisotopic (exact) mass is 544 g/mol. The molecule has 2 aromatic carbocycles. The van der Waals surface area contributed by atoms with E-state index in [1.807, 2.05) is 72.7 Å². The summed E-state index contributed by atoms with van der Waals surface area (Å²) in [5.74, 6) is 1.72. The minimum Gasteiger partial charge on any atom is -0.357 e. The molecule has 7 nitrogen and oxygen atoms in total. The zero-order chi connectivity index (χ0) is 21.5. The summed E-state index contributed by atoms with van der Waals surface area (Å²) in [6.45, 7) is 4.62. The lowest BCUT2D eigenvalue weighted by atomic mass is 10.2. The maximum absolute atomic E-state index is 12.5. The van der Waals surface area contributed by atoms with Gasteiger partial charge in [-0.3, -0.25) is 4.79 Å². The number of aliphatic imine (C=N–C) groups is 1. The molecule has 1 atom stereocenters. The molecule has 0 spiro atoms. The summed E-state index contributed by atoms with van der Waals surface area (Å²) < 4.78 is 2.11. The molecule has 3 aromatic rings. The molecule has 0 aliphatic carbocycles. The quantitative estimate of drug-likeness (QED) is 0.272. The number of carbonyl (C=O) groups is 1. The molecule has 0 bridgehead atoms. The number of anilines is 1. The van der Waals surface area contributed by atoms with Crippen LogP contribution >= 0.6 is 24.0 Å². The molecule has 1 amide bonds. The zero-order valence-electron chi connectivity index (χ0n) is 18.1. The molecular weight excluding hydrogens is 515 g/mol. The Kier molecular flexibility index (Phi) is 8.66. The number of rotatable bonds is 7. The number of benzene rings is 2. The van der Waals surface area contributed by atoms with Crippen LogP contribution in [0.4, 0.5) is 5.69 Å². The van der Waals surface area contributed by atoms with E-state index in [1.54, 1.807) is 0 Å². The van der Waals surface area contributed by atoms with Crippen molar-refractivity contribution in [3.05, 3.63) is 84.4 Å². The maximum atomic E-state index is 12.5. The normalized spacial score (nSPS) is 16.0. The van der Waals surface area contributed by atoms with Crippen molar-refractivity contribution < 1.29 is 4.79 Å². The second kappa shape index (κ2) is 11.7. The van der Waals surface area contributed by atoms with Crippen LogP contribution in [0, 0.1) is 0 Å². The van der Waals surface area contributed by atoms with E-state index in [2.05, 4.69) is 32.3 Å². The van der Waals surface area contributed by atoms with Crippen LogP contribution in [0.3, 0.4) is 0 Å². The van der Waals surface area contributed by atoms with Gasteiger partial charge in [0.25, 0.3) is 0 Å². The first-order chi connectivity index (χ1) is 15.2. The van der Waals surface area contributed by atoms with E-state index in [0.717, 1.165) is 24.6 Å². The van der Waals surface area contributed by atoms with Gasteiger partial charge in [-0.15, -0.1) is 24.0 Å². The smallest absolute Gasteiger partial charge is 0.229 e. The Morgan fingerprint density at radius 3 is 2.56 bits per heavy atom. The Bertz CT molecular complexity index is 1020.